The van der Waals surface area contributed by atoms with E-state index in [1.807, 2.05) is 0 Å². The lowest BCUT2D eigenvalue weighted by molar-refractivity contribution is -0.124. The quantitative estimate of drug-likeness (QED) is 0.726. The van der Waals surface area contributed by atoms with Crippen LogP contribution >= 0.6 is 0 Å². The van der Waals surface area contributed by atoms with Crippen LogP contribution in [0.1, 0.15) is 25.7 Å². The molecule has 0 bridgehead atoms. The van der Waals surface area contributed by atoms with E-state index in [0.717, 1.165) is 0 Å². The topological polar surface area (TPSA) is 92.7 Å². The van der Waals surface area contributed by atoms with Gasteiger partial charge in [0.2, 0.25) is 5.91 Å². The molecule has 0 spiro atoms. The van der Waals surface area contributed by atoms with Crippen LogP contribution in [-0.4, -0.2) is 56.3 Å². The molecule has 19 heavy (non-hydrogen) atoms. The summed E-state index contributed by atoms with van der Waals surface area (Å²) in [6.45, 7) is 1.23. The molecule has 2 aliphatic heterocycles. The molecule has 7 heteroatoms. The predicted molar refractivity (Wildman–Crippen MR) is 69.4 cm³/mol. The molecule has 2 fully saturated rings. The molecule has 2 rings (SSSR count). The number of sulfone groups is 1. The summed E-state index contributed by atoms with van der Waals surface area (Å²) in [6.07, 6.45) is 1.83. The third-order valence-electron chi connectivity index (χ3n) is 3.84. The Bertz CT molecular complexity index is 427. The van der Waals surface area contributed by atoms with E-state index in [4.69, 9.17) is 4.74 Å². The molecule has 0 saturated carbocycles. The average Bonchev–Trinajstić information content (AvgIpc) is 2.67. The van der Waals surface area contributed by atoms with Gasteiger partial charge in [0.25, 0.3) is 0 Å². The molecule has 1 amide bonds. The number of hydrogen-bond acceptors (Lipinski definition) is 5. The molecule has 1 unspecified atom stereocenters. The molecule has 0 aromatic carbocycles. The van der Waals surface area contributed by atoms with Crippen molar-refractivity contribution in [2.24, 2.45) is 5.92 Å². The van der Waals surface area contributed by atoms with Gasteiger partial charge in [0.1, 0.15) is 0 Å². The standard InChI is InChI=1S/C12H21NO5S/c14-11(7-10-1-6-19(16,17)8-10)13-9-12(15)2-4-18-5-3-12/h10,15H,1-9H2,(H,13,14). The van der Waals surface area contributed by atoms with Crippen LogP contribution in [0.15, 0.2) is 0 Å². The van der Waals surface area contributed by atoms with Gasteiger partial charge in [-0.3, -0.25) is 4.79 Å². The Hall–Kier alpha value is -0.660. The van der Waals surface area contributed by atoms with Gasteiger partial charge in [-0.1, -0.05) is 0 Å². The lowest BCUT2D eigenvalue weighted by Gasteiger charge is -2.32. The van der Waals surface area contributed by atoms with Gasteiger partial charge >= 0.3 is 0 Å². The number of hydrogen-bond donors (Lipinski definition) is 2. The molecule has 0 aromatic rings. The smallest absolute Gasteiger partial charge is 0.220 e. The zero-order chi connectivity index (χ0) is 13.9. The van der Waals surface area contributed by atoms with E-state index in [2.05, 4.69) is 5.32 Å². The van der Waals surface area contributed by atoms with E-state index < -0.39 is 15.4 Å². The number of rotatable bonds is 4. The second-order valence-electron chi connectivity index (χ2n) is 5.59. The van der Waals surface area contributed by atoms with Crippen LogP contribution in [0.25, 0.3) is 0 Å². The first kappa shape index (κ1) is 14.7. The first-order chi connectivity index (χ1) is 8.89. The van der Waals surface area contributed by atoms with Crippen LogP contribution in [0.5, 0.6) is 0 Å². The zero-order valence-corrected chi connectivity index (χ0v) is 11.7. The monoisotopic (exact) mass is 291 g/mol. The van der Waals surface area contributed by atoms with Gasteiger partial charge in [0.15, 0.2) is 9.84 Å². The van der Waals surface area contributed by atoms with Crippen molar-refractivity contribution < 1.29 is 23.1 Å². The number of nitrogens with one attached hydrogen (secondary N) is 1. The van der Waals surface area contributed by atoms with Gasteiger partial charge in [-0.25, -0.2) is 8.42 Å². The van der Waals surface area contributed by atoms with Gasteiger partial charge in [0, 0.05) is 39.0 Å². The van der Waals surface area contributed by atoms with Crippen molar-refractivity contribution in [2.75, 3.05) is 31.3 Å². The van der Waals surface area contributed by atoms with Gasteiger partial charge in [-0.05, 0) is 12.3 Å². The van der Waals surface area contributed by atoms with Crippen molar-refractivity contribution in [3.63, 3.8) is 0 Å². The largest absolute Gasteiger partial charge is 0.388 e. The van der Waals surface area contributed by atoms with Crippen molar-refractivity contribution in [2.45, 2.75) is 31.3 Å². The highest BCUT2D eigenvalue weighted by molar-refractivity contribution is 7.91. The Morgan fingerprint density at radius 1 is 1.37 bits per heavy atom. The van der Waals surface area contributed by atoms with Crippen molar-refractivity contribution in [1.82, 2.24) is 5.32 Å². The highest BCUT2D eigenvalue weighted by atomic mass is 32.2. The highest BCUT2D eigenvalue weighted by Gasteiger charge is 2.32. The first-order valence-corrected chi connectivity index (χ1v) is 8.48. The Morgan fingerprint density at radius 2 is 2.05 bits per heavy atom. The van der Waals surface area contributed by atoms with E-state index >= 15 is 0 Å². The van der Waals surface area contributed by atoms with Gasteiger partial charge < -0.3 is 15.2 Å². The molecule has 0 aromatic heterocycles. The summed E-state index contributed by atoms with van der Waals surface area (Å²) in [5.41, 5.74) is -0.879. The lowest BCUT2D eigenvalue weighted by atomic mass is 9.94. The summed E-state index contributed by atoms with van der Waals surface area (Å²) in [5, 5.41) is 12.9. The summed E-state index contributed by atoms with van der Waals surface area (Å²) in [7, 11) is -2.93. The number of carbonyl (C=O) groups is 1. The van der Waals surface area contributed by atoms with Crippen LogP contribution in [0.4, 0.5) is 0 Å². The fourth-order valence-electron chi connectivity index (χ4n) is 2.56. The highest BCUT2D eigenvalue weighted by Crippen LogP contribution is 2.22. The van der Waals surface area contributed by atoms with E-state index in [9.17, 15) is 18.3 Å². The van der Waals surface area contributed by atoms with Crippen molar-refractivity contribution in [3.05, 3.63) is 0 Å². The Morgan fingerprint density at radius 3 is 2.63 bits per heavy atom. The van der Waals surface area contributed by atoms with Gasteiger partial charge in [-0.2, -0.15) is 0 Å². The Kier molecular flexibility index (Phi) is 4.47. The molecule has 0 aliphatic carbocycles. The van der Waals surface area contributed by atoms with Crippen LogP contribution < -0.4 is 5.32 Å². The second-order valence-corrected chi connectivity index (χ2v) is 7.82. The molecular weight excluding hydrogens is 270 g/mol. The molecule has 6 nitrogen and oxygen atoms in total. The van der Waals surface area contributed by atoms with Crippen molar-refractivity contribution in [1.29, 1.82) is 0 Å². The minimum atomic E-state index is -2.93. The number of amides is 1. The second kappa shape index (κ2) is 5.76. The molecule has 2 saturated heterocycles. The fourth-order valence-corrected chi connectivity index (χ4v) is 4.42. The predicted octanol–water partition coefficient (Wildman–Crippen LogP) is -0.531. The van der Waals surface area contributed by atoms with Crippen LogP contribution in [-0.2, 0) is 19.4 Å². The minimum absolute atomic E-state index is 0.0747. The summed E-state index contributed by atoms with van der Waals surface area (Å²) in [5.74, 6) is 0.0430. The first-order valence-electron chi connectivity index (χ1n) is 6.66. The summed E-state index contributed by atoms with van der Waals surface area (Å²) in [4.78, 5) is 11.7. The maximum absolute atomic E-state index is 11.7. The fraction of sp³-hybridized carbons (Fsp3) is 0.917. The number of ether oxygens (including phenoxy) is 1. The average molecular weight is 291 g/mol. The van der Waals surface area contributed by atoms with Crippen molar-refractivity contribution >= 4 is 15.7 Å². The van der Waals surface area contributed by atoms with E-state index in [-0.39, 0.29) is 36.3 Å². The third kappa shape index (κ3) is 4.43. The van der Waals surface area contributed by atoms with Crippen molar-refractivity contribution in [3.8, 4) is 0 Å². The van der Waals surface area contributed by atoms with Gasteiger partial charge in [0.05, 0.1) is 17.1 Å². The number of carbonyl (C=O) groups excluding carboxylic acids is 1. The maximum atomic E-state index is 11.7. The van der Waals surface area contributed by atoms with Crippen LogP contribution in [0.2, 0.25) is 0 Å². The maximum Gasteiger partial charge on any atom is 0.220 e. The molecular formula is C12H21NO5S. The zero-order valence-electron chi connectivity index (χ0n) is 10.9. The Labute approximate surface area is 113 Å². The van der Waals surface area contributed by atoms with Gasteiger partial charge in [-0.15, -0.1) is 0 Å². The minimum Gasteiger partial charge on any atom is -0.388 e. The van der Waals surface area contributed by atoms with Crippen LogP contribution in [0.3, 0.4) is 0 Å². The molecule has 1 atom stereocenters. The SMILES string of the molecule is O=C(CC1CCS(=O)(=O)C1)NCC1(O)CCOCC1. The molecule has 0 radical (unpaired) electrons. The summed E-state index contributed by atoms with van der Waals surface area (Å²) < 4.78 is 27.7. The van der Waals surface area contributed by atoms with E-state index in [1.54, 1.807) is 0 Å². The molecule has 2 aliphatic rings. The summed E-state index contributed by atoms with van der Waals surface area (Å²) in [6, 6.07) is 0. The van der Waals surface area contributed by atoms with E-state index in [1.165, 1.54) is 0 Å². The molecule has 2 heterocycles. The molecule has 2 N–H and O–H groups in total. The lowest BCUT2D eigenvalue weighted by Crippen LogP contribution is -2.46. The summed E-state index contributed by atoms with van der Waals surface area (Å²) >= 11 is 0. The Balaban J connectivity index is 1.73. The number of aliphatic hydroxyl groups is 1. The van der Waals surface area contributed by atoms with Crippen LogP contribution in [0, 0.1) is 5.92 Å². The van der Waals surface area contributed by atoms with E-state index in [0.29, 0.717) is 32.5 Å². The normalized spacial score (nSPS) is 29.0. The molecule has 110 valence electrons. The third-order valence-corrected chi connectivity index (χ3v) is 5.68.